The van der Waals surface area contributed by atoms with Crippen molar-refractivity contribution in [3.05, 3.63) is 12.2 Å². The minimum absolute atomic E-state index is 0.223. The smallest absolute Gasteiger partial charge is 0.414 e. The Morgan fingerprint density at radius 1 is 1.50 bits per heavy atom. The van der Waals surface area contributed by atoms with Crippen LogP contribution in [0.5, 0.6) is 0 Å². The van der Waals surface area contributed by atoms with Crippen LogP contribution in [0.3, 0.4) is 0 Å². The summed E-state index contributed by atoms with van der Waals surface area (Å²) in [7, 11) is 0. The Kier molecular flexibility index (Phi) is 4.04. The maximum Gasteiger partial charge on any atom is 0.414 e. The van der Waals surface area contributed by atoms with Crippen LogP contribution in [0.2, 0.25) is 0 Å². The van der Waals surface area contributed by atoms with E-state index < -0.39 is 12.0 Å². The Hall–Kier alpha value is -1.32. The van der Waals surface area contributed by atoms with E-state index in [0.29, 0.717) is 6.42 Å². The van der Waals surface area contributed by atoms with E-state index in [9.17, 15) is 9.59 Å². The van der Waals surface area contributed by atoms with Gasteiger partial charge in [-0.2, -0.15) is 0 Å². The van der Waals surface area contributed by atoms with Crippen LogP contribution in [0.4, 0.5) is 4.79 Å². The molecule has 0 aromatic rings. The summed E-state index contributed by atoms with van der Waals surface area (Å²) in [5, 5.41) is 8.59. The molecule has 2 amide bonds. The van der Waals surface area contributed by atoms with Crippen molar-refractivity contribution in [1.82, 2.24) is 4.90 Å². The number of hydrogen-bond acceptors (Lipinski definition) is 2. The predicted octanol–water partition coefficient (Wildman–Crippen LogP) is 1.48. The predicted molar refractivity (Wildman–Crippen MR) is 44.8 cm³/mol. The number of nitrogens with zero attached hydrogens (tertiary/aromatic N) is 1. The highest BCUT2D eigenvalue weighted by Gasteiger charge is 2.19. The monoisotopic (exact) mass is 171 g/mol. The Balaban J connectivity index is 4.40. The van der Waals surface area contributed by atoms with Crippen molar-refractivity contribution in [1.29, 1.82) is 0 Å². The minimum atomic E-state index is -1.22. The number of hydrogen-bond donors (Lipinski definition) is 1. The lowest BCUT2D eigenvalue weighted by atomic mass is 10.3. The van der Waals surface area contributed by atoms with Crippen LogP contribution in [0.15, 0.2) is 12.2 Å². The maximum atomic E-state index is 11.1. The van der Waals surface area contributed by atoms with Gasteiger partial charge >= 0.3 is 6.09 Å². The Morgan fingerprint density at radius 2 is 2.00 bits per heavy atom. The molecule has 0 unspecified atom stereocenters. The Bertz CT molecular complexity index is 210. The van der Waals surface area contributed by atoms with Gasteiger partial charge in [-0.05, 0) is 13.3 Å². The zero-order chi connectivity index (χ0) is 9.72. The number of rotatable bonds is 3. The van der Waals surface area contributed by atoms with Gasteiger partial charge in [-0.15, -0.1) is 0 Å². The molecule has 0 aromatic heterocycles. The van der Waals surface area contributed by atoms with Crippen molar-refractivity contribution in [3.8, 4) is 0 Å². The van der Waals surface area contributed by atoms with Crippen molar-refractivity contribution in [2.75, 3.05) is 6.54 Å². The quantitative estimate of drug-likeness (QED) is 0.654. The highest BCUT2D eigenvalue weighted by Crippen LogP contribution is 2.00. The first-order valence-electron chi connectivity index (χ1n) is 3.71. The van der Waals surface area contributed by atoms with Gasteiger partial charge in [0.2, 0.25) is 0 Å². The highest BCUT2D eigenvalue weighted by atomic mass is 16.4. The molecular weight excluding hydrogens is 158 g/mol. The maximum absolute atomic E-state index is 11.1. The SMILES string of the molecule is C=C(C)C(=O)N(CCC)C(=O)O. The lowest BCUT2D eigenvalue weighted by Gasteiger charge is -2.15. The van der Waals surface area contributed by atoms with E-state index in [1.165, 1.54) is 6.92 Å². The van der Waals surface area contributed by atoms with E-state index in [1.54, 1.807) is 0 Å². The lowest BCUT2D eigenvalue weighted by molar-refractivity contribution is -0.125. The average Bonchev–Trinajstić information content (AvgIpc) is 1.98. The molecule has 0 atom stereocenters. The van der Waals surface area contributed by atoms with E-state index in [0.717, 1.165) is 4.90 Å². The third-order valence-electron chi connectivity index (χ3n) is 1.29. The number of carbonyl (C=O) groups excluding carboxylic acids is 1. The summed E-state index contributed by atoms with van der Waals surface area (Å²) in [6, 6.07) is 0. The van der Waals surface area contributed by atoms with Crippen molar-refractivity contribution in [2.45, 2.75) is 20.3 Å². The first-order valence-corrected chi connectivity index (χ1v) is 3.71. The highest BCUT2D eigenvalue weighted by molar-refractivity contribution is 6.01. The van der Waals surface area contributed by atoms with Crippen LogP contribution in [0.1, 0.15) is 20.3 Å². The summed E-state index contributed by atoms with van der Waals surface area (Å²) in [5.74, 6) is -0.524. The molecule has 0 aliphatic heterocycles. The summed E-state index contributed by atoms with van der Waals surface area (Å²) < 4.78 is 0. The first kappa shape index (κ1) is 10.7. The zero-order valence-electron chi connectivity index (χ0n) is 7.33. The molecule has 0 saturated heterocycles. The minimum Gasteiger partial charge on any atom is -0.465 e. The Morgan fingerprint density at radius 3 is 2.25 bits per heavy atom. The largest absolute Gasteiger partial charge is 0.465 e. The molecule has 0 rings (SSSR count). The fraction of sp³-hybridized carbons (Fsp3) is 0.500. The van der Waals surface area contributed by atoms with E-state index in [4.69, 9.17) is 5.11 Å². The van der Waals surface area contributed by atoms with Crippen LogP contribution >= 0.6 is 0 Å². The molecule has 0 radical (unpaired) electrons. The molecule has 0 heterocycles. The fourth-order valence-corrected chi connectivity index (χ4v) is 0.738. The van der Waals surface area contributed by atoms with E-state index in [1.807, 2.05) is 6.92 Å². The second kappa shape index (κ2) is 4.54. The molecular formula is C8H13NO3. The van der Waals surface area contributed by atoms with Gasteiger partial charge in [0.05, 0.1) is 0 Å². The van der Waals surface area contributed by atoms with E-state index >= 15 is 0 Å². The van der Waals surface area contributed by atoms with Gasteiger partial charge in [-0.3, -0.25) is 4.79 Å². The van der Waals surface area contributed by atoms with Crippen LogP contribution in [-0.2, 0) is 4.79 Å². The summed E-state index contributed by atoms with van der Waals surface area (Å²) in [4.78, 5) is 22.4. The van der Waals surface area contributed by atoms with Crippen molar-refractivity contribution in [3.63, 3.8) is 0 Å². The van der Waals surface area contributed by atoms with Gasteiger partial charge < -0.3 is 5.11 Å². The van der Waals surface area contributed by atoms with Crippen LogP contribution < -0.4 is 0 Å². The summed E-state index contributed by atoms with van der Waals surface area (Å²) in [6.45, 7) is 6.91. The zero-order valence-corrected chi connectivity index (χ0v) is 7.33. The third-order valence-corrected chi connectivity index (χ3v) is 1.29. The van der Waals surface area contributed by atoms with Gasteiger partial charge in [-0.1, -0.05) is 13.5 Å². The van der Waals surface area contributed by atoms with Gasteiger partial charge in [0, 0.05) is 12.1 Å². The molecule has 0 fully saturated rings. The number of carbonyl (C=O) groups is 2. The molecule has 0 aromatic carbocycles. The van der Waals surface area contributed by atoms with Gasteiger partial charge in [0.25, 0.3) is 5.91 Å². The standard InChI is InChI=1S/C8H13NO3/c1-4-5-9(8(11)12)7(10)6(2)3/h2,4-5H2,1,3H3,(H,11,12). The average molecular weight is 171 g/mol. The van der Waals surface area contributed by atoms with E-state index in [-0.39, 0.29) is 12.1 Å². The summed E-state index contributed by atoms with van der Waals surface area (Å²) in [5.41, 5.74) is 0.242. The third kappa shape index (κ3) is 2.74. The second-order valence-corrected chi connectivity index (χ2v) is 2.52. The van der Waals surface area contributed by atoms with Gasteiger partial charge in [0.15, 0.2) is 0 Å². The molecule has 12 heavy (non-hydrogen) atoms. The fourth-order valence-electron chi connectivity index (χ4n) is 0.738. The number of carboxylic acid groups (broad SMARTS) is 1. The number of amides is 2. The summed E-state index contributed by atoms with van der Waals surface area (Å²) in [6.07, 6.45) is -0.601. The lowest BCUT2D eigenvalue weighted by Crippen LogP contribution is -2.36. The first-order chi connectivity index (χ1) is 5.50. The van der Waals surface area contributed by atoms with E-state index in [2.05, 4.69) is 6.58 Å². The molecule has 1 N–H and O–H groups in total. The Labute approximate surface area is 71.5 Å². The normalized spacial score (nSPS) is 9.17. The van der Waals surface area contributed by atoms with Crippen LogP contribution in [0, 0.1) is 0 Å². The van der Waals surface area contributed by atoms with Gasteiger partial charge in [0.1, 0.15) is 0 Å². The summed E-state index contributed by atoms with van der Waals surface area (Å²) >= 11 is 0. The molecule has 0 saturated carbocycles. The molecule has 0 spiro atoms. The van der Waals surface area contributed by atoms with Crippen molar-refractivity contribution >= 4 is 12.0 Å². The molecule has 68 valence electrons. The molecule has 0 aliphatic rings. The molecule has 0 aliphatic carbocycles. The second-order valence-electron chi connectivity index (χ2n) is 2.52. The van der Waals surface area contributed by atoms with Crippen LogP contribution in [-0.4, -0.2) is 28.6 Å². The number of imide groups is 1. The van der Waals surface area contributed by atoms with Crippen molar-refractivity contribution < 1.29 is 14.7 Å². The van der Waals surface area contributed by atoms with Crippen molar-refractivity contribution in [2.24, 2.45) is 0 Å². The molecule has 0 bridgehead atoms. The van der Waals surface area contributed by atoms with Gasteiger partial charge in [-0.25, -0.2) is 9.69 Å². The molecule has 4 nitrogen and oxygen atoms in total. The topological polar surface area (TPSA) is 57.6 Å². The van der Waals surface area contributed by atoms with Crippen LogP contribution in [0.25, 0.3) is 0 Å². The molecule has 4 heteroatoms.